The minimum Gasteiger partial charge on any atom is -0.487 e. The van der Waals surface area contributed by atoms with Crippen LogP contribution in [0.5, 0.6) is 5.75 Å². The second-order valence-electron chi connectivity index (χ2n) is 5.91. The van der Waals surface area contributed by atoms with Gasteiger partial charge in [-0.2, -0.15) is 10.1 Å². The molecule has 2 heterocycles. The standard InChI is InChI=1S/C17H18FN5O3/c1-10(2)17-20-15(23-26-17)8-19-16(24)14-7-12(21-22-14)9-25-13-5-3-4-11(18)6-13/h3-7,10H,8-9H2,1-2H3,(H,19,24)(H,21,22). The van der Waals surface area contributed by atoms with Gasteiger partial charge in [0.2, 0.25) is 5.89 Å². The third-order valence-corrected chi connectivity index (χ3v) is 3.44. The number of carbonyl (C=O) groups excluding carboxylic acids is 1. The first-order chi connectivity index (χ1) is 12.5. The second-order valence-corrected chi connectivity index (χ2v) is 5.91. The molecule has 3 rings (SSSR count). The molecule has 1 aromatic carbocycles. The Kier molecular flexibility index (Phi) is 5.26. The fourth-order valence-corrected chi connectivity index (χ4v) is 2.09. The van der Waals surface area contributed by atoms with E-state index in [4.69, 9.17) is 9.26 Å². The zero-order valence-electron chi connectivity index (χ0n) is 14.3. The monoisotopic (exact) mass is 359 g/mol. The normalized spacial score (nSPS) is 10.9. The number of carbonyl (C=O) groups is 1. The van der Waals surface area contributed by atoms with E-state index >= 15 is 0 Å². The summed E-state index contributed by atoms with van der Waals surface area (Å²) < 4.78 is 23.6. The van der Waals surface area contributed by atoms with Crippen LogP contribution in [0.3, 0.4) is 0 Å². The Morgan fingerprint density at radius 1 is 1.38 bits per heavy atom. The summed E-state index contributed by atoms with van der Waals surface area (Å²) in [6, 6.07) is 7.37. The summed E-state index contributed by atoms with van der Waals surface area (Å²) in [5.74, 6) is 0.670. The molecule has 0 fully saturated rings. The largest absolute Gasteiger partial charge is 0.487 e. The van der Waals surface area contributed by atoms with E-state index in [1.165, 1.54) is 12.1 Å². The molecule has 3 aromatic rings. The SMILES string of the molecule is CC(C)c1nc(CNC(=O)c2cc(COc3cccc(F)c3)[nH]n2)no1. The van der Waals surface area contributed by atoms with Gasteiger partial charge in [-0.05, 0) is 18.2 Å². The molecule has 0 saturated carbocycles. The van der Waals surface area contributed by atoms with Gasteiger partial charge in [0.1, 0.15) is 23.9 Å². The summed E-state index contributed by atoms with van der Waals surface area (Å²) >= 11 is 0. The number of hydrogen-bond acceptors (Lipinski definition) is 6. The van der Waals surface area contributed by atoms with Crippen molar-refractivity contribution < 1.29 is 18.4 Å². The van der Waals surface area contributed by atoms with Crippen molar-refractivity contribution in [2.24, 2.45) is 0 Å². The minimum atomic E-state index is -0.380. The van der Waals surface area contributed by atoms with E-state index in [0.29, 0.717) is 23.2 Å². The lowest BCUT2D eigenvalue weighted by Gasteiger charge is -2.03. The van der Waals surface area contributed by atoms with Gasteiger partial charge in [0, 0.05) is 12.0 Å². The van der Waals surface area contributed by atoms with Crippen LogP contribution >= 0.6 is 0 Å². The average Bonchev–Trinajstić information content (AvgIpc) is 3.27. The van der Waals surface area contributed by atoms with Gasteiger partial charge in [-0.25, -0.2) is 4.39 Å². The highest BCUT2D eigenvalue weighted by Gasteiger charge is 2.14. The van der Waals surface area contributed by atoms with Gasteiger partial charge in [0.25, 0.3) is 5.91 Å². The number of rotatable bonds is 7. The molecule has 0 aliphatic heterocycles. The minimum absolute atomic E-state index is 0.124. The van der Waals surface area contributed by atoms with Gasteiger partial charge in [0.15, 0.2) is 5.82 Å². The molecule has 9 heteroatoms. The molecule has 136 valence electrons. The Balaban J connectivity index is 1.52. The lowest BCUT2D eigenvalue weighted by atomic mass is 10.2. The molecule has 0 radical (unpaired) electrons. The van der Waals surface area contributed by atoms with E-state index in [9.17, 15) is 9.18 Å². The van der Waals surface area contributed by atoms with E-state index in [1.54, 1.807) is 18.2 Å². The van der Waals surface area contributed by atoms with Crippen LogP contribution in [0.1, 0.15) is 47.7 Å². The number of halogens is 1. The van der Waals surface area contributed by atoms with Crippen LogP contribution in [0.25, 0.3) is 0 Å². The van der Waals surface area contributed by atoms with Crippen LogP contribution in [-0.2, 0) is 13.2 Å². The predicted molar refractivity (Wildman–Crippen MR) is 88.9 cm³/mol. The zero-order valence-corrected chi connectivity index (χ0v) is 14.3. The van der Waals surface area contributed by atoms with Crippen molar-refractivity contribution in [1.82, 2.24) is 25.7 Å². The van der Waals surface area contributed by atoms with E-state index in [1.807, 2.05) is 13.8 Å². The lowest BCUT2D eigenvalue weighted by Crippen LogP contribution is -2.23. The number of hydrogen-bond donors (Lipinski definition) is 2. The Hall–Kier alpha value is -3.23. The molecule has 0 aliphatic carbocycles. The molecular weight excluding hydrogens is 341 g/mol. The second kappa shape index (κ2) is 7.77. The third kappa shape index (κ3) is 4.44. The molecule has 2 N–H and O–H groups in total. The van der Waals surface area contributed by atoms with E-state index in [2.05, 4.69) is 25.7 Å². The Morgan fingerprint density at radius 2 is 2.23 bits per heavy atom. The molecular formula is C17H18FN5O3. The number of aromatic nitrogens is 4. The predicted octanol–water partition coefficient (Wildman–Crippen LogP) is 2.56. The van der Waals surface area contributed by atoms with E-state index < -0.39 is 0 Å². The molecule has 1 amide bonds. The molecule has 26 heavy (non-hydrogen) atoms. The van der Waals surface area contributed by atoms with E-state index in [-0.39, 0.29) is 36.5 Å². The molecule has 0 atom stereocenters. The van der Waals surface area contributed by atoms with Crippen LogP contribution in [-0.4, -0.2) is 26.2 Å². The number of amides is 1. The van der Waals surface area contributed by atoms with Crippen LogP contribution in [0, 0.1) is 5.82 Å². The molecule has 0 saturated heterocycles. The number of ether oxygens (including phenoxy) is 1. The zero-order chi connectivity index (χ0) is 18.5. The lowest BCUT2D eigenvalue weighted by molar-refractivity contribution is 0.0944. The van der Waals surface area contributed by atoms with Crippen molar-refractivity contribution in [3.8, 4) is 5.75 Å². The molecule has 0 spiro atoms. The summed E-state index contributed by atoms with van der Waals surface area (Å²) in [6.07, 6.45) is 0. The number of nitrogens with zero attached hydrogens (tertiary/aromatic N) is 3. The quantitative estimate of drug-likeness (QED) is 0.671. The van der Waals surface area contributed by atoms with Crippen molar-refractivity contribution in [2.45, 2.75) is 32.9 Å². The summed E-state index contributed by atoms with van der Waals surface area (Å²) in [7, 11) is 0. The van der Waals surface area contributed by atoms with Gasteiger partial charge in [0.05, 0.1) is 12.2 Å². The molecule has 0 bridgehead atoms. The van der Waals surface area contributed by atoms with Crippen LogP contribution in [0.4, 0.5) is 4.39 Å². The number of benzene rings is 1. The van der Waals surface area contributed by atoms with Gasteiger partial charge in [-0.1, -0.05) is 25.1 Å². The number of aromatic amines is 1. The van der Waals surface area contributed by atoms with Crippen molar-refractivity contribution in [3.63, 3.8) is 0 Å². The molecule has 2 aromatic heterocycles. The van der Waals surface area contributed by atoms with E-state index in [0.717, 1.165) is 0 Å². The first-order valence-corrected chi connectivity index (χ1v) is 8.04. The Bertz CT molecular complexity index is 890. The summed E-state index contributed by atoms with van der Waals surface area (Å²) in [5.41, 5.74) is 0.788. The summed E-state index contributed by atoms with van der Waals surface area (Å²) in [5, 5.41) is 13.1. The summed E-state index contributed by atoms with van der Waals surface area (Å²) in [4.78, 5) is 16.3. The van der Waals surface area contributed by atoms with Crippen molar-refractivity contribution in [3.05, 3.63) is 59.3 Å². The Labute approximate surface area is 148 Å². The molecule has 0 aliphatic rings. The van der Waals surface area contributed by atoms with Crippen LogP contribution in [0.2, 0.25) is 0 Å². The maximum absolute atomic E-state index is 13.1. The Morgan fingerprint density at radius 3 is 2.96 bits per heavy atom. The highest BCUT2D eigenvalue weighted by molar-refractivity contribution is 5.92. The highest BCUT2D eigenvalue weighted by atomic mass is 19.1. The van der Waals surface area contributed by atoms with Gasteiger partial charge in [-0.15, -0.1) is 0 Å². The molecule has 0 unspecified atom stereocenters. The summed E-state index contributed by atoms with van der Waals surface area (Å²) in [6.45, 7) is 4.14. The smallest absolute Gasteiger partial charge is 0.272 e. The van der Waals surface area contributed by atoms with Crippen molar-refractivity contribution >= 4 is 5.91 Å². The number of H-pyrrole nitrogens is 1. The topological polar surface area (TPSA) is 106 Å². The fourth-order valence-electron chi connectivity index (χ4n) is 2.09. The maximum atomic E-state index is 13.1. The first kappa shape index (κ1) is 17.6. The van der Waals surface area contributed by atoms with Gasteiger partial charge < -0.3 is 14.6 Å². The van der Waals surface area contributed by atoms with Gasteiger partial charge >= 0.3 is 0 Å². The van der Waals surface area contributed by atoms with Crippen molar-refractivity contribution in [1.29, 1.82) is 0 Å². The van der Waals surface area contributed by atoms with Crippen LogP contribution in [0.15, 0.2) is 34.9 Å². The number of nitrogens with one attached hydrogen (secondary N) is 2. The van der Waals surface area contributed by atoms with Crippen LogP contribution < -0.4 is 10.1 Å². The average molecular weight is 359 g/mol. The third-order valence-electron chi connectivity index (χ3n) is 3.44. The molecule has 8 nitrogen and oxygen atoms in total. The van der Waals surface area contributed by atoms with Gasteiger partial charge in [-0.3, -0.25) is 9.89 Å². The highest BCUT2D eigenvalue weighted by Crippen LogP contribution is 2.14. The maximum Gasteiger partial charge on any atom is 0.272 e. The first-order valence-electron chi connectivity index (χ1n) is 8.04. The van der Waals surface area contributed by atoms with Crippen molar-refractivity contribution in [2.75, 3.05) is 0 Å². The fraction of sp³-hybridized carbons (Fsp3) is 0.294.